The van der Waals surface area contributed by atoms with Crippen molar-refractivity contribution in [2.45, 2.75) is 12.5 Å². The van der Waals surface area contributed by atoms with Crippen LogP contribution in [-0.4, -0.2) is 69.2 Å². The van der Waals surface area contributed by atoms with Gasteiger partial charge in [-0.1, -0.05) is 30.3 Å². The van der Waals surface area contributed by atoms with Gasteiger partial charge in [0.2, 0.25) is 5.91 Å². The third kappa shape index (κ3) is 5.33. The summed E-state index contributed by atoms with van der Waals surface area (Å²) in [6, 6.07) is 17.0. The molecule has 2 heterocycles. The number of rotatable bonds is 9. The van der Waals surface area contributed by atoms with E-state index in [1.807, 2.05) is 35.2 Å². The first-order valence-corrected chi connectivity index (χ1v) is 12.4. The zero-order valence-corrected chi connectivity index (χ0v) is 21.0. The maximum atomic E-state index is 13.7. The van der Waals surface area contributed by atoms with Crippen molar-refractivity contribution in [3.05, 3.63) is 81.5 Å². The molecule has 1 atom stereocenters. The lowest BCUT2D eigenvalue weighted by atomic mass is 9.93. The minimum Gasteiger partial charge on any atom is -0.497 e. The Morgan fingerprint density at radius 3 is 2.57 bits per heavy atom. The number of nitrogens with zero attached hydrogens (tertiary/aromatic N) is 2. The summed E-state index contributed by atoms with van der Waals surface area (Å²) in [5.74, 6) is 0.586. The van der Waals surface area contributed by atoms with Crippen molar-refractivity contribution in [2.75, 3.05) is 47.6 Å². The highest BCUT2D eigenvalue weighted by Gasteiger charge is 2.34. The highest BCUT2D eigenvalue weighted by atomic mass is 32.1. The Bertz CT molecular complexity index is 1160. The fourth-order valence-electron chi connectivity index (χ4n) is 4.43. The Hall–Kier alpha value is -3.36. The zero-order chi connectivity index (χ0) is 24.8. The van der Waals surface area contributed by atoms with Crippen LogP contribution in [0.4, 0.5) is 0 Å². The molecule has 0 bridgehead atoms. The number of thiophene rings is 1. The fraction of sp³-hybridized carbons (Fsp3) is 0.333. The van der Waals surface area contributed by atoms with Crippen LogP contribution in [0, 0.1) is 0 Å². The number of benzene rings is 2. The number of carbonyl (C=O) groups excluding carboxylic acids is 2. The molecule has 184 valence electrons. The third-order valence-corrected chi connectivity index (χ3v) is 7.22. The summed E-state index contributed by atoms with van der Waals surface area (Å²) in [5.41, 5.74) is 2.59. The second kappa shape index (κ2) is 11.4. The number of hydrogen-bond donors (Lipinski definition) is 0. The Morgan fingerprint density at radius 1 is 1.06 bits per heavy atom. The molecule has 1 aromatic heterocycles. The molecule has 7 nitrogen and oxygen atoms in total. The topological polar surface area (TPSA) is 68.3 Å². The number of ether oxygens (including phenoxy) is 3. The van der Waals surface area contributed by atoms with Gasteiger partial charge in [0, 0.05) is 31.1 Å². The average Bonchev–Trinajstić information content (AvgIpc) is 3.39. The van der Waals surface area contributed by atoms with Gasteiger partial charge in [-0.15, -0.1) is 11.3 Å². The van der Waals surface area contributed by atoms with Gasteiger partial charge in [-0.25, -0.2) is 0 Å². The van der Waals surface area contributed by atoms with Gasteiger partial charge in [0.05, 0.1) is 32.4 Å². The minimum atomic E-state index is -0.292. The molecule has 3 aromatic rings. The van der Waals surface area contributed by atoms with Crippen LogP contribution in [0.25, 0.3) is 0 Å². The van der Waals surface area contributed by atoms with E-state index in [-0.39, 0.29) is 30.9 Å². The Morgan fingerprint density at radius 2 is 1.86 bits per heavy atom. The molecule has 2 amide bonds. The van der Waals surface area contributed by atoms with E-state index < -0.39 is 0 Å². The van der Waals surface area contributed by atoms with Crippen molar-refractivity contribution in [3.8, 4) is 11.5 Å². The summed E-state index contributed by atoms with van der Waals surface area (Å²) in [7, 11) is 4.64. The molecule has 0 saturated heterocycles. The number of methoxy groups -OCH3 is 3. The van der Waals surface area contributed by atoms with E-state index in [1.54, 1.807) is 43.8 Å². The van der Waals surface area contributed by atoms with Crippen molar-refractivity contribution in [3.63, 3.8) is 0 Å². The molecule has 0 fully saturated rings. The van der Waals surface area contributed by atoms with Crippen molar-refractivity contribution in [1.82, 2.24) is 9.80 Å². The van der Waals surface area contributed by atoms with E-state index in [0.29, 0.717) is 30.2 Å². The zero-order valence-electron chi connectivity index (χ0n) is 20.2. The summed E-state index contributed by atoms with van der Waals surface area (Å²) in [5, 5.41) is 2.08. The summed E-state index contributed by atoms with van der Waals surface area (Å²) in [6.07, 6.45) is 0.806. The Balaban J connectivity index is 1.61. The van der Waals surface area contributed by atoms with Crippen LogP contribution < -0.4 is 9.47 Å². The molecule has 1 aliphatic rings. The molecule has 0 N–H and O–H groups in total. The molecular formula is C27H30N2O5S. The molecule has 1 aliphatic heterocycles. The Kier molecular flexibility index (Phi) is 8.05. The second-order valence-electron chi connectivity index (χ2n) is 8.24. The van der Waals surface area contributed by atoms with Crippen LogP contribution in [0.2, 0.25) is 0 Å². The highest BCUT2D eigenvalue weighted by molar-refractivity contribution is 7.10. The van der Waals surface area contributed by atoms with E-state index >= 15 is 0 Å². The number of fused-ring (bicyclic) bond motifs is 1. The van der Waals surface area contributed by atoms with Gasteiger partial charge >= 0.3 is 0 Å². The number of hydrogen-bond acceptors (Lipinski definition) is 6. The normalized spacial score (nSPS) is 14.8. The maximum absolute atomic E-state index is 13.7. The van der Waals surface area contributed by atoms with E-state index in [4.69, 9.17) is 14.2 Å². The maximum Gasteiger partial charge on any atom is 0.258 e. The molecule has 35 heavy (non-hydrogen) atoms. The summed E-state index contributed by atoms with van der Waals surface area (Å²) in [4.78, 5) is 32.0. The van der Waals surface area contributed by atoms with Crippen LogP contribution in [0.1, 0.15) is 32.4 Å². The van der Waals surface area contributed by atoms with Gasteiger partial charge in [-0.3, -0.25) is 9.59 Å². The molecule has 0 saturated carbocycles. The van der Waals surface area contributed by atoms with Crippen LogP contribution in [0.15, 0.2) is 60.0 Å². The molecule has 4 rings (SSSR count). The molecule has 2 aromatic carbocycles. The second-order valence-corrected chi connectivity index (χ2v) is 9.24. The molecule has 0 aliphatic carbocycles. The lowest BCUT2D eigenvalue weighted by molar-refractivity contribution is -0.134. The standard InChI is InChI=1S/C27H30N2O5S/c1-32-15-14-28(27(31)21-10-9-20(33-2)17-23(21)34-3)18-25(30)29-13-11-24-22(12-16-35-24)26(29)19-7-5-4-6-8-19/h4-10,12,16-17,26H,11,13-15,18H2,1-3H3. The van der Waals surface area contributed by atoms with Crippen LogP contribution in [0.5, 0.6) is 11.5 Å². The van der Waals surface area contributed by atoms with Crippen molar-refractivity contribution in [1.29, 1.82) is 0 Å². The van der Waals surface area contributed by atoms with E-state index in [1.165, 1.54) is 16.9 Å². The van der Waals surface area contributed by atoms with Gasteiger partial charge in [0.15, 0.2) is 0 Å². The molecule has 0 spiro atoms. The van der Waals surface area contributed by atoms with E-state index in [2.05, 4.69) is 11.4 Å². The van der Waals surface area contributed by atoms with Crippen molar-refractivity contribution >= 4 is 23.2 Å². The van der Waals surface area contributed by atoms with Crippen molar-refractivity contribution in [2.24, 2.45) is 0 Å². The highest BCUT2D eigenvalue weighted by Crippen LogP contribution is 2.38. The molecule has 8 heteroatoms. The first-order valence-electron chi connectivity index (χ1n) is 11.5. The monoisotopic (exact) mass is 494 g/mol. The van der Waals surface area contributed by atoms with Gasteiger partial charge in [-0.2, -0.15) is 0 Å². The largest absolute Gasteiger partial charge is 0.497 e. The minimum absolute atomic E-state index is 0.0554. The SMILES string of the molecule is COCCN(CC(=O)N1CCc2sccc2C1c1ccccc1)C(=O)c1ccc(OC)cc1OC. The predicted molar refractivity (Wildman–Crippen MR) is 135 cm³/mol. The first kappa shape index (κ1) is 24.8. The number of carbonyl (C=O) groups is 2. The third-order valence-electron chi connectivity index (χ3n) is 6.22. The van der Waals surface area contributed by atoms with Crippen molar-refractivity contribution < 1.29 is 23.8 Å². The smallest absolute Gasteiger partial charge is 0.258 e. The Labute approximate surface area is 209 Å². The number of amides is 2. The molecule has 1 unspecified atom stereocenters. The lowest BCUT2D eigenvalue weighted by Gasteiger charge is -2.37. The van der Waals surface area contributed by atoms with Gasteiger partial charge < -0.3 is 24.0 Å². The first-order chi connectivity index (χ1) is 17.1. The van der Waals surface area contributed by atoms with Gasteiger partial charge in [0.25, 0.3) is 5.91 Å². The summed E-state index contributed by atoms with van der Waals surface area (Å²) in [6.45, 7) is 1.14. The fourth-order valence-corrected chi connectivity index (χ4v) is 5.34. The van der Waals surface area contributed by atoms with Crippen LogP contribution in [0.3, 0.4) is 0 Å². The van der Waals surface area contributed by atoms with Gasteiger partial charge in [-0.05, 0) is 41.1 Å². The lowest BCUT2D eigenvalue weighted by Crippen LogP contribution is -2.47. The summed E-state index contributed by atoms with van der Waals surface area (Å²) < 4.78 is 15.9. The van der Waals surface area contributed by atoms with Crippen LogP contribution >= 0.6 is 11.3 Å². The predicted octanol–water partition coefficient (Wildman–Crippen LogP) is 4.03. The van der Waals surface area contributed by atoms with Crippen LogP contribution in [-0.2, 0) is 16.0 Å². The summed E-state index contributed by atoms with van der Waals surface area (Å²) >= 11 is 1.73. The quantitative estimate of drug-likeness (QED) is 0.449. The molecule has 0 radical (unpaired) electrons. The van der Waals surface area contributed by atoms with Gasteiger partial charge in [0.1, 0.15) is 18.0 Å². The molecular weight excluding hydrogens is 464 g/mol. The van der Waals surface area contributed by atoms with E-state index in [9.17, 15) is 9.59 Å². The average molecular weight is 495 g/mol. The van der Waals surface area contributed by atoms with E-state index in [0.717, 1.165) is 17.5 Å².